The van der Waals surface area contributed by atoms with Crippen LogP contribution in [0.4, 0.5) is 0 Å². The van der Waals surface area contributed by atoms with Crippen LogP contribution in [0.1, 0.15) is 33.6 Å². The summed E-state index contributed by atoms with van der Waals surface area (Å²) >= 11 is 0. The maximum atomic E-state index is 11.6. The Hall–Kier alpha value is -0.570. The fourth-order valence-electron chi connectivity index (χ4n) is 2.00. The first-order valence-corrected chi connectivity index (χ1v) is 5.55. The van der Waals surface area contributed by atoms with E-state index in [0.29, 0.717) is 24.8 Å². The Morgan fingerprint density at radius 2 is 2.14 bits per heavy atom. The van der Waals surface area contributed by atoms with Gasteiger partial charge in [-0.1, -0.05) is 13.8 Å². The van der Waals surface area contributed by atoms with Gasteiger partial charge in [0.05, 0.1) is 0 Å². The number of carbonyl (C=O) groups excluding carboxylic acids is 1. The van der Waals surface area contributed by atoms with Crippen LogP contribution >= 0.6 is 0 Å². The highest BCUT2D eigenvalue weighted by Crippen LogP contribution is 2.25. The molecule has 0 spiro atoms. The number of amides is 1. The van der Waals surface area contributed by atoms with Gasteiger partial charge in [0.1, 0.15) is 0 Å². The lowest BCUT2D eigenvalue weighted by Gasteiger charge is -2.38. The Morgan fingerprint density at radius 3 is 2.64 bits per heavy atom. The first-order chi connectivity index (χ1) is 6.56. The number of carbonyl (C=O) groups is 1. The summed E-state index contributed by atoms with van der Waals surface area (Å²) in [7, 11) is 0. The van der Waals surface area contributed by atoms with Crippen LogP contribution < -0.4 is 5.73 Å². The zero-order valence-corrected chi connectivity index (χ0v) is 9.49. The second-order valence-corrected chi connectivity index (χ2v) is 4.67. The summed E-state index contributed by atoms with van der Waals surface area (Å²) in [5, 5.41) is 0. The molecule has 1 aliphatic heterocycles. The lowest BCUT2D eigenvalue weighted by molar-refractivity contribution is -0.137. The van der Waals surface area contributed by atoms with E-state index >= 15 is 0 Å². The number of rotatable bonds is 3. The SMILES string of the molecule is CC(C)C1CCC(=O)N(C(C)CN)C1. The molecule has 2 N–H and O–H groups in total. The zero-order valence-electron chi connectivity index (χ0n) is 9.49. The summed E-state index contributed by atoms with van der Waals surface area (Å²) in [5.74, 6) is 1.59. The molecule has 3 heteroatoms. The third-order valence-corrected chi connectivity index (χ3v) is 3.30. The molecule has 2 atom stereocenters. The van der Waals surface area contributed by atoms with Crippen LogP contribution in [0.3, 0.4) is 0 Å². The minimum absolute atomic E-state index is 0.198. The van der Waals surface area contributed by atoms with Gasteiger partial charge in [0, 0.05) is 25.6 Å². The fraction of sp³-hybridized carbons (Fsp3) is 0.909. The summed E-state index contributed by atoms with van der Waals surface area (Å²) in [5.41, 5.74) is 5.59. The second kappa shape index (κ2) is 4.78. The lowest BCUT2D eigenvalue weighted by atomic mass is 9.87. The molecule has 1 aliphatic rings. The number of likely N-dealkylation sites (tertiary alicyclic amines) is 1. The summed E-state index contributed by atoms with van der Waals surface area (Å²) in [6.45, 7) is 7.95. The van der Waals surface area contributed by atoms with Crippen LogP contribution in [-0.4, -0.2) is 29.9 Å². The van der Waals surface area contributed by atoms with E-state index in [9.17, 15) is 4.79 Å². The van der Waals surface area contributed by atoms with E-state index in [0.717, 1.165) is 13.0 Å². The molecule has 82 valence electrons. The summed E-state index contributed by atoms with van der Waals surface area (Å²) in [6, 6.07) is 0.198. The van der Waals surface area contributed by atoms with Crippen molar-refractivity contribution >= 4 is 5.91 Å². The quantitative estimate of drug-likeness (QED) is 0.741. The van der Waals surface area contributed by atoms with E-state index in [-0.39, 0.29) is 11.9 Å². The van der Waals surface area contributed by atoms with Gasteiger partial charge < -0.3 is 10.6 Å². The normalized spacial score (nSPS) is 25.6. The van der Waals surface area contributed by atoms with E-state index in [1.54, 1.807) is 0 Å². The standard InChI is InChI=1S/C11H22N2O/c1-8(2)10-4-5-11(14)13(7-10)9(3)6-12/h8-10H,4-7,12H2,1-3H3. The summed E-state index contributed by atoms with van der Waals surface area (Å²) in [4.78, 5) is 13.6. The predicted molar refractivity (Wildman–Crippen MR) is 57.8 cm³/mol. The Balaban J connectivity index is 2.59. The Labute approximate surface area is 86.6 Å². The molecular formula is C11H22N2O. The maximum absolute atomic E-state index is 11.6. The van der Waals surface area contributed by atoms with Crippen molar-refractivity contribution in [2.24, 2.45) is 17.6 Å². The van der Waals surface area contributed by atoms with Crippen molar-refractivity contribution in [3.8, 4) is 0 Å². The first-order valence-electron chi connectivity index (χ1n) is 5.55. The highest BCUT2D eigenvalue weighted by atomic mass is 16.2. The highest BCUT2D eigenvalue weighted by molar-refractivity contribution is 5.77. The minimum atomic E-state index is 0.198. The van der Waals surface area contributed by atoms with Gasteiger partial charge in [-0.3, -0.25) is 4.79 Å². The number of nitrogens with two attached hydrogens (primary N) is 1. The average Bonchev–Trinajstić information content (AvgIpc) is 2.17. The predicted octanol–water partition coefficient (Wildman–Crippen LogP) is 1.23. The first kappa shape index (κ1) is 11.5. The highest BCUT2D eigenvalue weighted by Gasteiger charge is 2.29. The van der Waals surface area contributed by atoms with Gasteiger partial charge in [0.15, 0.2) is 0 Å². The van der Waals surface area contributed by atoms with E-state index in [1.807, 2.05) is 11.8 Å². The van der Waals surface area contributed by atoms with Crippen LogP contribution in [0.15, 0.2) is 0 Å². The molecule has 0 radical (unpaired) electrons. The molecule has 0 saturated carbocycles. The third-order valence-electron chi connectivity index (χ3n) is 3.30. The molecule has 1 rings (SSSR count). The van der Waals surface area contributed by atoms with Crippen molar-refractivity contribution in [3.63, 3.8) is 0 Å². The molecule has 0 bridgehead atoms. The molecule has 2 unspecified atom stereocenters. The van der Waals surface area contributed by atoms with Crippen molar-refractivity contribution in [1.82, 2.24) is 4.90 Å². The van der Waals surface area contributed by atoms with E-state index in [2.05, 4.69) is 13.8 Å². The summed E-state index contributed by atoms with van der Waals surface area (Å²) < 4.78 is 0. The molecule has 0 aromatic heterocycles. The molecule has 1 saturated heterocycles. The van der Waals surface area contributed by atoms with Crippen LogP contribution in [0.25, 0.3) is 0 Å². The van der Waals surface area contributed by atoms with Gasteiger partial charge in [-0.2, -0.15) is 0 Å². The Morgan fingerprint density at radius 1 is 1.50 bits per heavy atom. The summed E-state index contributed by atoms with van der Waals surface area (Å²) in [6.07, 6.45) is 1.75. The second-order valence-electron chi connectivity index (χ2n) is 4.67. The topological polar surface area (TPSA) is 46.3 Å². The Bertz CT molecular complexity index is 203. The van der Waals surface area contributed by atoms with Gasteiger partial charge in [-0.25, -0.2) is 0 Å². The smallest absolute Gasteiger partial charge is 0.222 e. The van der Waals surface area contributed by atoms with Crippen LogP contribution in [0.5, 0.6) is 0 Å². The van der Waals surface area contributed by atoms with Crippen molar-refractivity contribution in [2.75, 3.05) is 13.1 Å². The molecular weight excluding hydrogens is 176 g/mol. The van der Waals surface area contributed by atoms with Crippen LogP contribution in [-0.2, 0) is 4.79 Å². The lowest BCUT2D eigenvalue weighted by Crippen LogP contribution is -2.48. The van der Waals surface area contributed by atoms with Gasteiger partial charge in [0.25, 0.3) is 0 Å². The van der Waals surface area contributed by atoms with Gasteiger partial charge in [-0.15, -0.1) is 0 Å². The largest absolute Gasteiger partial charge is 0.338 e. The van der Waals surface area contributed by atoms with E-state index < -0.39 is 0 Å². The molecule has 1 amide bonds. The minimum Gasteiger partial charge on any atom is -0.338 e. The Kier molecular flexibility index (Phi) is 3.93. The monoisotopic (exact) mass is 198 g/mol. The molecule has 0 aliphatic carbocycles. The van der Waals surface area contributed by atoms with Crippen molar-refractivity contribution in [3.05, 3.63) is 0 Å². The molecule has 1 fully saturated rings. The van der Waals surface area contributed by atoms with E-state index in [1.165, 1.54) is 0 Å². The molecule has 1 heterocycles. The van der Waals surface area contributed by atoms with Crippen molar-refractivity contribution in [1.29, 1.82) is 0 Å². The molecule has 3 nitrogen and oxygen atoms in total. The maximum Gasteiger partial charge on any atom is 0.222 e. The fourth-order valence-corrected chi connectivity index (χ4v) is 2.00. The number of hydrogen-bond acceptors (Lipinski definition) is 2. The molecule has 0 aromatic rings. The number of hydrogen-bond donors (Lipinski definition) is 1. The average molecular weight is 198 g/mol. The number of piperidine rings is 1. The van der Waals surface area contributed by atoms with Gasteiger partial charge >= 0.3 is 0 Å². The van der Waals surface area contributed by atoms with Gasteiger partial charge in [-0.05, 0) is 25.2 Å². The number of nitrogens with zero attached hydrogens (tertiary/aromatic N) is 1. The van der Waals surface area contributed by atoms with E-state index in [4.69, 9.17) is 5.73 Å². The third kappa shape index (κ3) is 2.47. The van der Waals surface area contributed by atoms with Crippen LogP contribution in [0, 0.1) is 11.8 Å². The van der Waals surface area contributed by atoms with Crippen LogP contribution in [0.2, 0.25) is 0 Å². The van der Waals surface area contributed by atoms with Crippen molar-refractivity contribution in [2.45, 2.75) is 39.7 Å². The molecule has 0 aromatic carbocycles. The zero-order chi connectivity index (χ0) is 10.7. The van der Waals surface area contributed by atoms with Crippen molar-refractivity contribution < 1.29 is 4.79 Å². The van der Waals surface area contributed by atoms with Gasteiger partial charge in [0.2, 0.25) is 5.91 Å². The molecule has 14 heavy (non-hydrogen) atoms.